The van der Waals surface area contributed by atoms with Gasteiger partial charge in [-0.1, -0.05) is 13.8 Å². The number of aromatic nitrogens is 1. The van der Waals surface area contributed by atoms with E-state index in [0.717, 1.165) is 0 Å². The van der Waals surface area contributed by atoms with Crippen LogP contribution in [0.2, 0.25) is 0 Å². The van der Waals surface area contributed by atoms with Crippen molar-refractivity contribution in [2.75, 3.05) is 0 Å². The molecule has 0 radical (unpaired) electrons. The number of hydrogen-bond donors (Lipinski definition) is 2. The minimum Gasteiger partial charge on any atom is -0.290 e. The van der Waals surface area contributed by atoms with Crippen molar-refractivity contribution in [2.45, 2.75) is 20.4 Å². The Kier molecular flexibility index (Phi) is 2.84. The van der Waals surface area contributed by atoms with Gasteiger partial charge in [0.2, 0.25) is 11.8 Å². The van der Waals surface area contributed by atoms with Crippen molar-refractivity contribution in [1.29, 1.82) is 0 Å². The molecule has 2 atom stereocenters. The maximum Gasteiger partial charge on any atom is 0.266 e. The number of piperidine rings is 1. The molecule has 3 N–H and O–H groups in total. The number of nitrogens with two attached hydrogens (primary N) is 1. The first-order valence-corrected chi connectivity index (χ1v) is 6.69. The number of nitrogens with one attached hydrogen (secondary N) is 1. The van der Waals surface area contributed by atoms with Gasteiger partial charge < -0.3 is 0 Å². The lowest BCUT2D eigenvalue weighted by Crippen LogP contribution is -2.36. The van der Waals surface area contributed by atoms with Crippen LogP contribution >= 0.6 is 0 Å². The standard InChI is InChI=1S/C14H16N4O3/c1-14(2)9-10(14)13(21)18(12(9)20)6-8-4-3-7(5-16-8)11(19)17-15/h3-5,9-10H,6,15H2,1-2H3,(H,17,19). The van der Waals surface area contributed by atoms with Crippen molar-refractivity contribution in [3.05, 3.63) is 29.6 Å². The molecule has 2 unspecified atom stereocenters. The molecule has 1 aromatic heterocycles. The molecular weight excluding hydrogens is 272 g/mol. The van der Waals surface area contributed by atoms with Crippen molar-refractivity contribution in [3.63, 3.8) is 0 Å². The van der Waals surface area contributed by atoms with Crippen LogP contribution in [0.3, 0.4) is 0 Å². The number of nitrogens with zero attached hydrogens (tertiary/aromatic N) is 2. The predicted molar refractivity (Wildman–Crippen MR) is 72.2 cm³/mol. The Morgan fingerprint density at radius 1 is 1.33 bits per heavy atom. The third kappa shape index (κ3) is 1.92. The Morgan fingerprint density at radius 3 is 2.43 bits per heavy atom. The van der Waals surface area contributed by atoms with Crippen molar-refractivity contribution in [3.8, 4) is 0 Å². The Balaban J connectivity index is 1.72. The number of pyridine rings is 1. The summed E-state index contributed by atoms with van der Waals surface area (Å²) in [5.41, 5.74) is 2.69. The normalized spacial score (nSPS) is 25.8. The maximum atomic E-state index is 12.2. The molecule has 2 heterocycles. The van der Waals surface area contributed by atoms with Gasteiger partial charge in [0.15, 0.2) is 0 Å². The van der Waals surface area contributed by atoms with Gasteiger partial charge in [-0.25, -0.2) is 5.84 Å². The molecule has 0 bridgehead atoms. The van der Waals surface area contributed by atoms with Crippen molar-refractivity contribution in [1.82, 2.24) is 15.3 Å². The number of fused-ring (bicyclic) bond motifs is 1. The summed E-state index contributed by atoms with van der Waals surface area (Å²) in [6.45, 7) is 4.02. The molecule has 0 spiro atoms. The van der Waals surface area contributed by atoms with E-state index < -0.39 is 5.91 Å². The Bertz CT molecular complexity index is 614. The van der Waals surface area contributed by atoms with Gasteiger partial charge in [0.05, 0.1) is 29.6 Å². The number of imide groups is 1. The lowest BCUT2D eigenvalue weighted by Gasteiger charge is -2.20. The number of nitrogen functional groups attached to an aromatic ring is 1. The van der Waals surface area contributed by atoms with E-state index in [-0.39, 0.29) is 35.6 Å². The van der Waals surface area contributed by atoms with Crippen LogP contribution < -0.4 is 11.3 Å². The highest BCUT2D eigenvalue weighted by Gasteiger charge is 2.72. The first-order chi connectivity index (χ1) is 9.87. The van der Waals surface area contributed by atoms with Crippen LogP contribution in [0.4, 0.5) is 0 Å². The number of carbonyl (C=O) groups excluding carboxylic acids is 3. The summed E-state index contributed by atoms with van der Waals surface area (Å²) in [6, 6.07) is 3.17. The fourth-order valence-electron chi connectivity index (χ4n) is 3.06. The summed E-state index contributed by atoms with van der Waals surface area (Å²) >= 11 is 0. The maximum absolute atomic E-state index is 12.2. The molecule has 110 valence electrons. The summed E-state index contributed by atoms with van der Waals surface area (Å²) < 4.78 is 0. The van der Waals surface area contributed by atoms with Crippen LogP contribution in [0.25, 0.3) is 0 Å². The Hall–Kier alpha value is -2.28. The SMILES string of the molecule is CC1(C)C2C(=O)N(Cc3ccc(C(=O)NN)cn3)C(=O)C21. The highest BCUT2D eigenvalue weighted by atomic mass is 16.2. The summed E-state index contributed by atoms with van der Waals surface area (Å²) in [5, 5.41) is 0. The zero-order chi connectivity index (χ0) is 15.4. The molecule has 1 aliphatic carbocycles. The third-order valence-electron chi connectivity index (χ3n) is 4.43. The van der Waals surface area contributed by atoms with E-state index in [1.807, 2.05) is 19.3 Å². The smallest absolute Gasteiger partial charge is 0.266 e. The number of likely N-dealkylation sites (tertiary alicyclic amines) is 1. The first kappa shape index (κ1) is 13.7. The number of hydrazine groups is 1. The van der Waals surface area contributed by atoms with E-state index in [4.69, 9.17) is 5.84 Å². The van der Waals surface area contributed by atoms with Crippen molar-refractivity contribution < 1.29 is 14.4 Å². The Labute approximate surface area is 121 Å². The second-order valence-electron chi connectivity index (χ2n) is 6.05. The van der Waals surface area contributed by atoms with Gasteiger partial charge in [0.1, 0.15) is 0 Å². The van der Waals surface area contributed by atoms with E-state index in [0.29, 0.717) is 11.3 Å². The second-order valence-corrected chi connectivity index (χ2v) is 6.05. The minimum atomic E-state index is -0.439. The number of carbonyl (C=O) groups is 3. The van der Waals surface area contributed by atoms with Gasteiger partial charge >= 0.3 is 0 Å². The van der Waals surface area contributed by atoms with Gasteiger partial charge in [-0.2, -0.15) is 0 Å². The van der Waals surface area contributed by atoms with Crippen molar-refractivity contribution in [2.24, 2.45) is 23.1 Å². The lowest BCUT2D eigenvalue weighted by molar-refractivity contribution is -0.143. The molecule has 2 fully saturated rings. The van der Waals surface area contributed by atoms with E-state index in [1.54, 1.807) is 12.1 Å². The number of hydrogen-bond acceptors (Lipinski definition) is 5. The molecule has 2 aliphatic rings. The summed E-state index contributed by atoms with van der Waals surface area (Å²) in [7, 11) is 0. The molecule has 1 aromatic rings. The monoisotopic (exact) mass is 288 g/mol. The van der Waals surface area contributed by atoms with Gasteiger partial charge in [0, 0.05) is 6.20 Å². The summed E-state index contributed by atoms with van der Waals surface area (Å²) in [4.78, 5) is 41.0. The molecule has 3 rings (SSSR count). The molecule has 1 saturated heterocycles. The molecular formula is C14H16N4O3. The van der Waals surface area contributed by atoms with Gasteiger partial charge in [-0.15, -0.1) is 0 Å². The number of amides is 3. The average molecular weight is 288 g/mol. The zero-order valence-electron chi connectivity index (χ0n) is 11.8. The topological polar surface area (TPSA) is 105 Å². The fraction of sp³-hybridized carbons (Fsp3) is 0.429. The second kappa shape index (κ2) is 4.36. The average Bonchev–Trinajstić information content (AvgIpc) is 2.95. The largest absolute Gasteiger partial charge is 0.290 e. The van der Waals surface area contributed by atoms with E-state index in [9.17, 15) is 14.4 Å². The predicted octanol–water partition coefficient (Wildman–Crippen LogP) is -0.174. The van der Waals surface area contributed by atoms with Crippen molar-refractivity contribution >= 4 is 17.7 Å². The molecule has 21 heavy (non-hydrogen) atoms. The van der Waals surface area contributed by atoms with Crippen LogP contribution in [0.1, 0.15) is 29.9 Å². The summed E-state index contributed by atoms with van der Waals surface area (Å²) in [6.07, 6.45) is 1.37. The van der Waals surface area contributed by atoms with Gasteiger partial charge in [-0.3, -0.25) is 29.7 Å². The van der Waals surface area contributed by atoms with Crippen LogP contribution in [-0.2, 0) is 16.1 Å². The highest BCUT2D eigenvalue weighted by molar-refractivity contribution is 6.10. The Morgan fingerprint density at radius 2 is 1.95 bits per heavy atom. The summed E-state index contributed by atoms with van der Waals surface area (Å²) in [5.74, 6) is 3.97. The van der Waals surface area contributed by atoms with Gasteiger partial charge in [0.25, 0.3) is 5.91 Å². The third-order valence-corrected chi connectivity index (χ3v) is 4.43. The van der Waals surface area contributed by atoms with Crippen LogP contribution in [0, 0.1) is 17.3 Å². The fourth-order valence-corrected chi connectivity index (χ4v) is 3.06. The zero-order valence-corrected chi connectivity index (χ0v) is 11.8. The minimum absolute atomic E-state index is 0.124. The van der Waals surface area contributed by atoms with Crippen LogP contribution in [0.5, 0.6) is 0 Å². The molecule has 3 amide bonds. The van der Waals surface area contributed by atoms with E-state index in [2.05, 4.69) is 4.98 Å². The van der Waals surface area contributed by atoms with Gasteiger partial charge in [-0.05, 0) is 17.5 Å². The number of rotatable bonds is 3. The molecule has 0 aromatic carbocycles. The molecule has 1 saturated carbocycles. The quantitative estimate of drug-likeness (QED) is 0.347. The highest BCUT2D eigenvalue weighted by Crippen LogP contribution is 2.63. The first-order valence-electron chi connectivity index (χ1n) is 6.69. The lowest BCUT2D eigenvalue weighted by atomic mass is 10.1. The molecule has 7 nitrogen and oxygen atoms in total. The van der Waals surface area contributed by atoms with E-state index >= 15 is 0 Å². The van der Waals surface area contributed by atoms with Crippen LogP contribution in [0.15, 0.2) is 18.3 Å². The molecule has 1 aliphatic heterocycles. The van der Waals surface area contributed by atoms with Crippen LogP contribution in [-0.4, -0.2) is 27.6 Å². The van der Waals surface area contributed by atoms with E-state index in [1.165, 1.54) is 11.1 Å². The molecule has 7 heteroatoms.